The Morgan fingerprint density at radius 3 is 2.30 bits per heavy atom. The number of aliphatic hydroxyl groups excluding tert-OH is 1. The van der Waals surface area contributed by atoms with Crippen molar-refractivity contribution in [3.05, 3.63) is 41.6 Å². The molecule has 6 nitrogen and oxygen atoms in total. The molecule has 1 N–H and O–H groups in total. The molecule has 1 aromatic carbocycles. The lowest BCUT2D eigenvalue weighted by Crippen LogP contribution is -2.06. The van der Waals surface area contributed by atoms with Gasteiger partial charge in [-0.2, -0.15) is 0 Å². The number of rotatable bonds is 5. The van der Waals surface area contributed by atoms with Gasteiger partial charge in [0.1, 0.15) is 17.6 Å². The highest BCUT2D eigenvalue weighted by Gasteiger charge is 2.18. The van der Waals surface area contributed by atoms with Gasteiger partial charge < -0.3 is 19.3 Å². The second kappa shape index (κ2) is 6.21. The number of aromatic nitrogens is 2. The van der Waals surface area contributed by atoms with Gasteiger partial charge in [0.05, 0.1) is 27.0 Å². The van der Waals surface area contributed by atoms with Crippen LogP contribution in [-0.2, 0) is 0 Å². The van der Waals surface area contributed by atoms with Gasteiger partial charge in [0.15, 0.2) is 0 Å². The standard InChI is InChI=1S/C14H16N2O4/c1-18-9-4-6-12(19-2)10(8-9)14(17)11-5-7-13(20-3)16-15-11/h4-8,14,17H,1-3H3. The van der Waals surface area contributed by atoms with Crippen LogP contribution in [0.3, 0.4) is 0 Å². The van der Waals surface area contributed by atoms with Gasteiger partial charge in [-0.15, -0.1) is 10.2 Å². The molecular formula is C14H16N2O4. The van der Waals surface area contributed by atoms with E-state index in [4.69, 9.17) is 14.2 Å². The van der Waals surface area contributed by atoms with Crippen molar-refractivity contribution in [2.45, 2.75) is 6.10 Å². The molecule has 0 saturated heterocycles. The number of hydrogen-bond donors (Lipinski definition) is 1. The first kappa shape index (κ1) is 14.1. The summed E-state index contributed by atoms with van der Waals surface area (Å²) in [6, 6.07) is 8.48. The molecule has 0 spiro atoms. The van der Waals surface area contributed by atoms with Gasteiger partial charge in [0.25, 0.3) is 0 Å². The van der Waals surface area contributed by atoms with Gasteiger partial charge in [-0.3, -0.25) is 0 Å². The van der Waals surface area contributed by atoms with E-state index in [9.17, 15) is 5.11 Å². The van der Waals surface area contributed by atoms with Crippen molar-refractivity contribution < 1.29 is 19.3 Å². The van der Waals surface area contributed by atoms with Crippen molar-refractivity contribution in [1.82, 2.24) is 10.2 Å². The number of methoxy groups -OCH3 is 3. The lowest BCUT2D eigenvalue weighted by atomic mass is 10.0. The number of nitrogens with zero attached hydrogens (tertiary/aromatic N) is 2. The molecule has 0 aliphatic carbocycles. The van der Waals surface area contributed by atoms with Gasteiger partial charge in [0, 0.05) is 11.6 Å². The largest absolute Gasteiger partial charge is 0.497 e. The summed E-state index contributed by atoms with van der Waals surface area (Å²) in [4.78, 5) is 0. The van der Waals surface area contributed by atoms with Gasteiger partial charge in [0.2, 0.25) is 5.88 Å². The predicted octanol–water partition coefficient (Wildman–Crippen LogP) is 1.58. The maximum Gasteiger partial charge on any atom is 0.233 e. The third kappa shape index (κ3) is 2.80. The summed E-state index contributed by atoms with van der Waals surface area (Å²) in [5.74, 6) is 1.57. The Labute approximate surface area is 116 Å². The second-order valence-electron chi connectivity index (χ2n) is 4.01. The molecule has 1 aromatic heterocycles. The highest BCUT2D eigenvalue weighted by Crippen LogP contribution is 2.32. The number of hydrogen-bond acceptors (Lipinski definition) is 6. The Balaban J connectivity index is 2.37. The smallest absolute Gasteiger partial charge is 0.233 e. The Morgan fingerprint density at radius 2 is 1.75 bits per heavy atom. The van der Waals surface area contributed by atoms with Gasteiger partial charge in [-0.25, -0.2) is 0 Å². The van der Waals surface area contributed by atoms with Gasteiger partial charge in [-0.05, 0) is 24.3 Å². The predicted molar refractivity (Wildman–Crippen MR) is 72.2 cm³/mol. The quantitative estimate of drug-likeness (QED) is 0.894. The highest BCUT2D eigenvalue weighted by molar-refractivity contribution is 5.44. The Morgan fingerprint density at radius 1 is 0.950 bits per heavy atom. The van der Waals surface area contributed by atoms with Crippen LogP contribution in [0.5, 0.6) is 17.4 Å². The summed E-state index contributed by atoms with van der Waals surface area (Å²) in [7, 11) is 4.61. The molecule has 0 radical (unpaired) electrons. The molecule has 1 unspecified atom stereocenters. The zero-order valence-corrected chi connectivity index (χ0v) is 11.5. The summed E-state index contributed by atoms with van der Waals surface area (Å²) in [6.45, 7) is 0. The van der Waals surface area contributed by atoms with E-state index in [1.54, 1.807) is 37.4 Å². The molecule has 0 fully saturated rings. The van der Waals surface area contributed by atoms with Crippen molar-refractivity contribution in [3.63, 3.8) is 0 Å². The Kier molecular flexibility index (Phi) is 4.37. The van der Waals surface area contributed by atoms with Crippen molar-refractivity contribution in [3.8, 4) is 17.4 Å². The zero-order chi connectivity index (χ0) is 14.5. The van der Waals surface area contributed by atoms with Crippen LogP contribution in [0.4, 0.5) is 0 Å². The first-order valence-corrected chi connectivity index (χ1v) is 5.97. The second-order valence-corrected chi connectivity index (χ2v) is 4.01. The zero-order valence-electron chi connectivity index (χ0n) is 11.5. The van der Waals surface area contributed by atoms with E-state index in [2.05, 4.69) is 10.2 Å². The maximum atomic E-state index is 10.4. The van der Waals surface area contributed by atoms with E-state index in [0.717, 1.165) is 0 Å². The van der Waals surface area contributed by atoms with Crippen LogP contribution in [0.2, 0.25) is 0 Å². The van der Waals surface area contributed by atoms with Crippen molar-refractivity contribution >= 4 is 0 Å². The van der Waals surface area contributed by atoms with Crippen LogP contribution in [0.15, 0.2) is 30.3 Å². The molecule has 0 amide bonds. The topological polar surface area (TPSA) is 73.7 Å². The van der Waals surface area contributed by atoms with E-state index >= 15 is 0 Å². The summed E-state index contributed by atoms with van der Waals surface area (Å²) < 4.78 is 15.3. The van der Waals surface area contributed by atoms with E-state index in [1.807, 2.05) is 0 Å². The fourth-order valence-electron chi connectivity index (χ4n) is 1.80. The number of aliphatic hydroxyl groups is 1. The molecule has 0 aliphatic heterocycles. The van der Waals surface area contributed by atoms with E-state index in [1.165, 1.54) is 14.2 Å². The minimum atomic E-state index is -0.960. The molecule has 0 saturated carbocycles. The van der Waals surface area contributed by atoms with Crippen molar-refractivity contribution in [1.29, 1.82) is 0 Å². The molecule has 1 heterocycles. The summed E-state index contributed by atoms with van der Waals surface area (Å²) in [5.41, 5.74) is 0.962. The fourth-order valence-corrected chi connectivity index (χ4v) is 1.80. The summed E-state index contributed by atoms with van der Waals surface area (Å²) in [6.07, 6.45) is -0.960. The molecule has 20 heavy (non-hydrogen) atoms. The van der Waals surface area contributed by atoms with Crippen molar-refractivity contribution in [2.75, 3.05) is 21.3 Å². The van der Waals surface area contributed by atoms with Crippen LogP contribution < -0.4 is 14.2 Å². The molecule has 0 bridgehead atoms. The molecule has 6 heteroatoms. The van der Waals surface area contributed by atoms with Gasteiger partial charge in [-0.1, -0.05) is 0 Å². The molecule has 106 valence electrons. The maximum absolute atomic E-state index is 10.4. The summed E-state index contributed by atoms with van der Waals surface area (Å²) in [5, 5.41) is 18.2. The third-order valence-electron chi connectivity index (χ3n) is 2.88. The molecule has 2 aromatic rings. The fraction of sp³-hybridized carbons (Fsp3) is 0.286. The minimum Gasteiger partial charge on any atom is -0.497 e. The molecule has 0 aliphatic rings. The van der Waals surface area contributed by atoms with Crippen LogP contribution >= 0.6 is 0 Å². The van der Waals surface area contributed by atoms with Crippen LogP contribution in [-0.4, -0.2) is 36.6 Å². The lowest BCUT2D eigenvalue weighted by Gasteiger charge is -2.15. The first-order valence-electron chi connectivity index (χ1n) is 5.97. The van der Waals surface area contributed by atoms with Crippen LogP contribution in [0.25, 0.3) is 0 Å². The van der Waals surface area contributed by atoms with Gasteiger partial charge >= 0.3 is 0 Å². The average molecular weight is 276 g/mol. The minimum absolute atomic E-state index is 0.388. The number of ether oxygens (including phenoxy) is 3. The Hall–Kier alpha value is -2.34. The lowest BCUT2D eigenvalue weighted by molar-refractivity contribution is 0.207. The average Bonchev–Trinajstić information content (AvgIpc) is 2.53. The SMILES string of the molecule is COc1ccc(OC)c(C(O)c2ccc(OC)nn2)c1. The summed E-state index contributed by atoms with van der Waals surface area (Å²) >= 11 is 0. The first-order chi connectivity index (χ1) is 9.69. The van der Waals surface area contributed by atoms with E-state index < -0.39 is 6.10 Å². The van der Waals surface area contributed by atoms with Crippen LogP contribution in [0, 0.1) is 0 Å². The highest BCUT2D eigenvalue weighted by atomic mass is 16.5. The van der Waals surface area contributed by atoms with Crippen molar-refractivity contribution in [2.24, 2.45) is 0 Å². The van der Waals surface area contributed by atoms with E-state index in [-0.39, 0.29) is 0 Å². The van der Waals surface area contributed by atoms with E-state index in [0.29, 0.717) is 28.6 Å². The molecule has 2 rings (SSSR count). The monoisotopic (exact) mass is 276 g/mol. The normalized spacial score (nSPS) is 11.8. The molecular weight excluding hydrogens is 260 g/mol. The third-order valence-corrected chi connectivity index (χ3v) is 2.88. The number of benzene rings is 1. The van der Waals surface area contributed by atoms with Crippen LogP contribution in [0.1, 0.15) is 17.4 Å². The Bertz CT molecular complexity index is 572. The molecule has 1 atom stereocenters.